The molecule has 2 heterocycles. The van der Waals surface area contributed by atoms with Crippen LogP contribution in [-0.4, -0.2) is 50.8 Å². The third-order valence-electron chi connectivity index (χ3n) is 5.02. The van der Waals surface area contributed by atoms with Gasteiger partial charge in [-0.05, 0) is 27.2 Å². The van der Waals surface area contributed by atoms with Gasteiger partial charge in [-0.2, -0.15) is 0 Å². The lowest BCUT2D eigenvalue weighted by Crippen LogP contribution is -2.44. The quantitative estimate of drug-likeness (QED) is 0.324. The number of aromatic nitrogens is 1. The van der Waals surface area contributed by atoms with E-state index in [1.165, 1.54) is 0 Å². The van der Waals surface area contributed by atoms with Crippen LogP contribution in [0, 0.1) is 13.8 Å². The van der Waals surface area contributed by atoms with Gasteiger partial charge in [0.15, 0.2) is 5.96 Å². The predicted molar refractivity (Wildman–Crippen MR) is 130 cm³/mol. The maximum absolute atomic E-state index is 5.63. The lowest BCUT2D eigenvalue weighted by molar-refractivity contribution is 0.394. The van der Waals surface area contributed by atoms with Gasteiger partial charge in [0.2, 0.25) is 5.89 Å². The molecule has 2 N–H and O–H groups in total. The molecule has 0 saturated carbocycles. The number of guanidine groups is 1. The molecule has 1 aliphatic rings. The van der Waals surface area contributed by atoms with Gasteiger partial charge < -0.3 is 29.4 Å². The highest BCUT2D eigenvalue weighted by atomic mass is 127. The molecule has 1 aromatic carbocycles. The van der Waals surface area contributed by atoms with Gasteiger partial charge in [0.25, 0.3) is 0 Å². The van der Waals surface area contributed by atoms with Crippen LogP contribution in [0.25, 0.3) is 0 Å². The second-order valence-electron chi connectivity index (χ2n) is 7.09. The van der Waals surface area contributed by atoms with E-state index < -0.39 is 0 Å². The van der Waals surface area contributed by atoms with E-state index in [-0.39, 0.29) is 30.0 Å². The van der Waals surface area contributed by atoms with Gasteiger partial charge in [-0.1, -0.05) is 0 Å². The monoisotopic (exact) mass is 529 g/mol. The molecule has 1 atom stereocenters. The number of ether oxygens (including phenoxy) is 2. The van der Waals surface area contributed by atoms with E-state index in [4.69, 9.17) is 13.9 Å². The minimum atomic E-state index is 0. The minimum absolute atomic E-state index is 0. The summed E-state index contributed by atoms with van der Waals surface area (Å²) >= 11 is 0. The topological polar surface area (TPSA) is 84.2 Å². The second-order valence-corrected chi connectivity index (χ2v) is 7.09. The molecule has 1 aliphatic heterocycles. The largest absolute Gasteiger partial charge is 0.497 e. The van der Waals surface area contributed by atoms with Crippen LogP contribution in [0.15, 0.2) is 27.6 Å². The number of hydrogen-bond donors (Lipinski definition) is 2. The second kappa shape index (κ2) is 11.3. The Morgan fingerprint density at radius 3 is 2.50 bits per heavy atom. The summed E-state index contributed by atoms with van der Waals surface area (Å²) in [6.45, 7) is 8.94. The fraction of sp³-hybridized carbons (Fsp3) is 0.524. The zero-order valence-electron chi connectivity index (χ0n) is 18.3. The number of nitrogens with zero attached hydrogens (tertiary/aromatic N) is 3. The minimum Gasteiger partial charge on any atom is -0.497 e. The normalized spacial score (nSPS) is 16.2. The van der Waals surface area contributed by atoms with Crippen LogP contribution >= 0.6 is 24.0 Å². The van der Waals surface area contributed by atoms with Crippen molar-refractivity contribution in [1.82, 2.24) is 15.6 Å². The van der Waals surface area contributed by atoms with Gasteiger partial charge in [-0.15, -0.1) is 24.0 Å². The predicted octanol–water partition coefficient (Wildman–Crippen LogP) is 3.26. The Morgan fingerprint density at radius 1 is 1.23 bits per heavy atom. The first-order chi connectivity index (χ1) is 14.0. The summed E-state index contributed by atoms with van der Waals surface area (Å²) in [6.07, 6.45) is 1.02. The molecule has 0 radical (unpaired) electrons. The molecule has 9 heteroatoms. The molecule has 2 aromatic rings. The summed E-state index contributed by atoms with van der Waals surface area (Å²) < 4.78 is 16.4. The number of aliphatic imine (C=N–C) groups is 1. The lowest BCUT2D eigenvalue weighted by atomic mass is 10.2. The van der Waals surface area contributed by atoms with E-state index in [1.54, 1.807) is 14.2 Å². The molecule has 3 rings (SSSR count). The van der Waals surface area contributed by atoms with E-state index in [0.29, 0.717) is 12.4 Å². The van der Waals surface area contributed by atoms with Crippen molar-refractivity contribution in [3.8, 4) is 11.5 Å². The van der Waals surface area contributed by atoms with Crippen molar-refractivity contribution in [2.75, 3.05) is 38.8 Å². The lowest BCUT2D eigenvalue weighted by Gasteiger charge is -2.21. The molecule has 0 amide bonds. The number of aryl methyl sites for hydroxylation is 2. The summed E-state index contributed by atoms with van der Waals surface area (Å²) in [5.41, 5.74) is 2.01. The number of nitrogens with one attached hydrogen (secondary N) is 2. The molecule has 0 spiro atoms. The average Bonchev–Trinajstić information content (AvgIpc) is 3.32. The third-order valence-corrected chi connectivity index (χ3v) is 5.02. The molecule has 0 aliphatic carbocycles. The Hall–Kier alpha value is -2.17. The van der Waals surface area contributed by atoms with Gasteiger partial charge in [0.1, 0.15) is 23.8 Å². The van der Waals surface area contributed by atoms with Crippen molar-refractivity contribution in [3.05, 3.63) is 35.5 Å². The molecule has 1 aromatic heterocycles. The third kappa shape index (κ3) is 6.16. The number of anilines is 1. The first kappa shape index (κ1) is 24.1. The van der Waals surface area contributed by atoms with E-state index in [2.05, 4.69) is 32.4 Å². The Bertz CT molecular complexity index is 813. The van der Waals surface area contributed by atoms with Crippen LogP contribution in [-0.2, 0) is 6.54 Å². The van der Waals surface area contributed by atoms with Gasteiger partial charge >= 0.3 is 0 Å². The van der Waals surface area contributed by atoms with Gasteiger partial charge in [-0.25, -0.2) is 9.98 Å². The Balaban J connectivity index is 0.00000320. The van der Waals surface area contributed by atoms with Crippen molar-refractivity contribution in [2.24, 2.45) is 4.99 Å². The molecule has 1 unspecified atom stereocenters. The van der Waals surface area contributed by atoms with Crippen LogP contribution in [0.4, 0.5) is 5.69 Å². The molecule has 30 heavy (non-hydrogen) atoms. The molecular weight excluding hydrogens is 497 g/mol. The standard InChI is InChI=1S/C21H31N5O3.HI/c1-6-22-21(23-12-20-24-14(2)15(3)29-20)25-16-7-8-26(13-16)17-9-18(27-4)11-19(10-17)28-5;/h9-11,16H,6-8,12-13H2,1-5H3,(H2,22,23,25);1H. The van der Waals surface area contributed by atoms with Crippen LogP contribution in [0.2, 0.25) is 0 Å². The summed E-state index contributed by atoms with van der Waals surface area (Å²) in [5.74, 6) is 3.84. The molecule has 1 fully saturated rings. The fourth-order valence-electron chi connectivity index (χ4n) is 3.35. The highest BCUT2D eigenvalue weighted by Crippen LogP contribution is 2.30. The summed E-state index contributed by atoms with van der Waals surface area (Å²) in [7, 11) is 3.34. The SMILES string of the molecule is CCNC(=NCc1nc(C)c(C)o1)NC1CCN(c2cc(OC)cc(OC)c2)C1.I. The smallest absolute Gasteiger partial charge is 0.216 e. The van der Waals surface area contributed by atoms with E-state index in [0.717, 1.165) is 60.7 Å². The van der Waals surface area contributed by atoms with Gasteiger partial charge in [0.05, 0.1) is 19.9 Å². The molecule has 166 valence electrons. The molecular formula is C21H32IN5O3. The van der Waals surface area contributed by atoms with Crippen LogP contribution in [0.5, 0.6) is 11.5 Å². The Morgan fingerprint density at radius 2 is 1.93 bits per heavy atom. The molecule has 1 saturated heterocycles. The van der Waals surface area contributed by atoms with Gasteiger partial charge in [0, 0.05) is 49.6 Å². The van der Waals surface area contributed by atoms with E-state index in [1.807, 2.05) is 32.0 Å². The fourth-order valence-corrected chi connectivity index (χ4v) is 3.35. The Kier molecular flexibility index (Phi) is 9.07. The maximum atomic E-state index is 5.63. The Labute approximate surface area is 195 Å². The number of rotatable bonds is 7. The highest BCUT2D eigenvalue weighted by Gasteiger charge is 2.24. The number of benzene rings is 1. The molecule has 8 nitrogen and oxygen atoms in total. The summed E-state index contributed by atoms with van der Waals surface area (Å²) in [4.78, 5) is 11.4. The summed E-state index contributed by atoms with van der Waals surface area (Å²) in [6, 6.07) is 6.25. The maximum Gasteiger partial charge on any atom is 0.216 e. The van der Waals surface area contributed by atoms with Gasteiger partial charge in [-0.3, -0.25) is 0 Å². The average molecular weight is 529 g/mol. The number of hydrogen-bond acceptors (Lipinski definition) is 6. The van der Waals surface area contributed by atoms with E-state index >= 15 is 0 Å². The number of methoxy groups -OCH3 is 2. The van der Waals surface area contributed by atoms with Crippen LogP contribution < -0.4 is 25.0 Å². The van der Waals surface area contributed by atoms with Crippen molar-refractivity contribution >= 4 is 35.6 Å². The zero-order valence-corrected chi connectivity index (χ0v) is 20.6. The van der Waals surface area contributed by atoms with E-state index in [9.17, 15) is 0 Å². The summed E-state index contributed by atoms with van der Waals surface area (Å²) in [5, 5.41) is 6.83. The first-order valence-corrected chi connectivity index (χ1v) is 9.98. The number of oxazole rings is 1. The van der Waals surface area contributed by atoms with Crippen molar-refractivity contribution in [3.63, 3.8) is 0 Å². The first-order valence-electron chi connectivity index (χ1n) is 9.98. The zero-order chi connectivity index (χ0) is 20.8. The van der Waals surface area contributed by atoms with Crippen molar-refractivity contribution in [1.29, 1.82) is 0 Å². The highest BCUT2D eigenvalue weighted by molar-refractivity contribution is 14.0. The number of halogens is 1. The van der Waals surface area contributed by atoms with Crippen molar-refractivity contribution < 1.29 is 13.9 Å². The molecule has 0 bridgehead atoms. The van der Waals surface area contributed by atoms with Crippen molar-refractivity contribution in [2.45, 2.75) is 39.8 Å². The van der Waals surface area contributed by atoms with Crippen LogP contribution in [0.1, 0.15) is 30.7 Å². The van der Waals surface area contributed by atoms with Crippen LogP contribution in [0.3, 0.4) is 0 Å².